The van der Waals surface area contributed by atoms with Crippen molar-refractivity contribution in [1.29, 1.82) is 0 Å². The average Bonchev–Trinajstić information content (AvgIpc) is 2.86. The number of nitrogens with one attached hydrogen (secondary N) is 2. The first-order chi connectivity index (χ1) is 10.1. The molecule has 0 radical (unpaired) electrons. The smallest absolute Gasteiger partial charge is 0.273 e. The molecule has 21 heavy (non-hydrogen) atoms. The lowest BCUT2D eigenvalue weighted by molar-refractivity contribution is 0.0950. The molecule has 2 rings (SSSR count). The van der Waals surface area contributed by atoms with E-state index in [9.17, 15) is 4.79 Å². The number of carbonyl (C=O) groups is 1. The number of nitrogens with zero attached hydrogens (tertiary/aromatic N) is 2. The zero-order chi connectivity index (χ0) is 15.2. The number of thioether (sulfide) groups is 1. The number of aromatic amines is 1. The first kappa shape index (κ1) is 16.1. The maximum Gasteiger partial charge on any atom is 0.273 e. The first-order valence-electron chi connectivity index (χ1n) is 6.25. The number of hydrogen-bond acceptors (Lipinski definition) is 4. The third-order valence-electron chi connectivity index (χ3n) is 2.74. The summed E-state index contributed by atoms with van der Waals surface area (Å²) in [6.07, 6.45) is 0. The van der Waals surface area contributed by atoms with Crippen LogP contribution in [0.15, 0.2) is 18.2 Å². The van der Waals surface area contributed by atoms with Crippen molar-refractivity contribution in [3.8, 4) is 0 Å². The normalized spacial score (nSPS) is 10.6. The van der Waals surface area contributed by atoms with Crippen LogP contribution in [0.2, 0.25) is 10.0 Å². The molecule has 2 N–H and O–H groups in total. The zero-order valence-corrected chi connectivity index (χ0v) is 13.6. The maximum absolute atomic E-state index is 11.8. The highest BCUT2D eigenvalue weighted by Gasteiger charge is 2.12. The molecule has 1 aromatic carbocycles. The Labute approximate surface area is 136 Å². The Morgan fingerprint density at radius 1 is 1.38 bits per heavy atom. The van der Waals surface area contributed by atoms with Crippen LogP contribution >= 0.6 is 35.0 Å². The molecule has 112 valence electrons. The van der Waals surface area contributed by atoms with Gasteiger partial charge in [-0.1, -0.05) is 29.3 Å². The van der Waals surface area contributed by atoms with Crippen LogP contribution in [0.3, 0.4) is 0 Å². The number of carbonyl (C=O) groups excluding carboxylic acids is 1. The molecule has 1 aromatic heterocycles. The molecule has 1 heterocycles. The summed E-state index contributed by atoms with van der Waals surface area (Å²) in [5, 5.41) is 14.1. The molecule has 5 nitrogen and oxygen atoms in total. The van der Waals surface area contributed by atoms with Gasteiger partial charge in [0, 0.05) is 28.1 Å². The largest absolute Gasteiger partial charge is 0.350 e. The summed E-state index contributed by atoms with van der Waals surface area (Å²) in [7, 11) is 0. The summed E-state index contributed by atoms with van der Waals surface area (Å²) < 4.78 is 0. The van der Waals surface area contributed by atoms with E-state index < -0.39 is 0 Å². The molecule has 0 bridgehead atoms. The average molecular weight is 345 g/mol. The van der Waals surface area contributed by atoms with Gasteiger partial charge in [0.1, 0.15) is 0 Å². The van der Waals surface area contributed by atoms with Crippen molar-refractivity contribution in [3.63, 3.8) is 0 Å². The highest BCUT2D eigenvalue weighted by atomic mass is 35.5. The Morgan fingerprint density at radius 3 is 2.86 bits per heavy atom. The Bertz CT molecular complexity index is 632. The van der Waals surface area contributed by atoms with E-state index in [-0.39, 0.29) is 5.91 Å². The minimum absolute atomic E-state index is 0.216. The number of benzene rings is 1. The summed E-state index contributed by atoms with van der Waals surface area (Å²) in [6, 6.07) is 5.46. The third kappa shape index (κ3) is 4.62. The Morgan fingerprint density at radius 2 is 2.19 bits per heavy atom. The lowest BCUT2D eigenvalue weighted by Gasteiger charge is -2.06. The molecule has 0 aliphatic rings. The molecule has 2 aromatic rings. The number of hydrogen-bond donors (Lipinski definition) is 2. The molecular formula is C13H14Cl2N4OS. The van der Waals surface area contributed by atoms with Crippen molar-refractivity contribution in [3.05, 3.63) is 45.2 Å². The Balaban J connectivity index is 1.71. The number of halogens is 2. The zero-order valence-electron chi connectivity index (χ0n) is 11.3. The quantitative estimate of drug-likeness (QED) is 0.790. The van der Waals surface area contributed by atoms with E-state index in [1.807, 2.05) is 12.1 Å². The van der Waals surface area contributed by atoms with Crippen LogP contribution in [0.1, 0.15) is 21.7 Å². The minimum atomic E-state index is -0.216. The van der Waals surface area contributed by atoms with Crippen LogP contribution < -0.4 is 5.32 Å². The van der Waals surface area contributed by atoms with Crippen molar-refractivity contribution < 1.29 is 4.79 Å². The monoisotopic (exact) mass is 344 g/mol. The van der Waals surface area contributed by atoms with Gasteiger partial charge in [0.15, 0.2) is 5.69 Å². The van der Waals surface area contributed by atoms with E-state index in [0.717, 1.165) is 17.1 Å². The molecule has 0 fully saturated rings. The van der Waals surface area contributed by atoms with E-state index >= 15 is 0 Å². The SMILES string of the molecule is Cc1n[nH]nc1C(=O)NCCSCc1ccc(Cl)cc1Cl. The fourth-order valence-electron chi connectivity index (χ4n) is 1.64. The number of aryl methyl sites for hydroxylation is 1. The van der Waals surface area contributed by atoms with Gasteiger partial charge in [-0.05, 0) is 24.6 Å². The van der Waals surface area contributed by atoms with Crippen molar-refractivity contribution >= 4 is 40.9 Å². The lowest BCUT2D eigenvalue weighted by atomic mass is 10.2. The van der Waals surface area contributed by atoms with E-state index in [4.69, 9.17) is 23.2 Å². The van der Waals surface area contributed by atoms with Gasteiger partial charge < -0.3 is 5.32 Å². The van der Waals surface area contributed by atoms with Crippen LogP contribution in [-0.2, 0) is 5.75 Å². The van der Waals surface area contributed by atoms with Gasteiger partial charge in [-0.25, -0.2) is 0 Å². The van der Waals surface area contributed by atoms with E-state index in [0.29, 0.717) is 28.0 Å². The standard InChI is InChI=1S/C13H14Cl2N4OS/c1-8-12(18-19-17-8)13(20)16-4-5-21-7-9-2-3-10(14)6-11(9)15/h2-3,6H,4-5,7H2,1H3,(H,16,20)(H,17,18,19). The molecule has 0 aliphatic heterocycles. The fraction of sp³-hybridized carbons (Fsp3) is 0.308. The summed E-state index contributed by atoms with van der Waals surface area (Å²) in [5.41, 5.74) is 1.96. The summed E-state index contributed by atoms with van der Waals surface area (Å²) in [4.78, 5) is 11.8. The number of H-pyrrole nitrogens is 1. The number of aromatic nitrogens is 3. The van der Waals surface area contributed by atoms with Gasteiger partial charge in [-0.3, -0.25) is 4.79 Å². The van der Waals surface area contributed by atoms with Gasteiger partial charge in [0.2, 0.25) is 0 Å². The van der Waals surface area contributed by atoms with Gasteiger partial charge in [-0.15, -0.1) is 0 Å². The van der Waals surface area contributed by atoms with E-state index in [1.54, 1.807) is 24.8 Å². The van der Waals surface area contributed by atoms with Crippen LogP contribution in [0, 0.1) is 6.92 Å². The van der Waals surface area contributed by atoms with Crippen molar-refractivity contribution in [2.24, 2.45) is 0 Å². The maximum atomic E-state index is 11.8. The summed E-state index contributed by atoms with van der Waals surface area (Å²) in [6.45, 7) is 2.29. The topological polar surface area (TPSA) is 70.7 Å². The van der Waals surface area contributed by atoms with Crippen LogP contribution in [-0.4, -0.2) is 33.6 Å². The van der Waals surface area contributed by atoms with E-state index in [1.165, 1.54) is 0 Å². The first-order valence-corrected chi connectivity index (χ1v) is 8.16. The molecular weight excluding hydrogens is 331 g/mol. The fourth-order valence-corrected chi connectivity index (χ4v) is 3.06. The Kier molecular flexibility index (Phi) is 5.90. The second kappa shape index (κ2) is 7.68. The second-order valence-electron chi connectivity index (χ2n) is 4.30. The predicted octanol–water partition coefficient (Wildman–Crippen LogP) is 3.08. The van der Waals surface area contributed by atoms with Gasteiger partial charge in [0.25, 0.3) is 5.91 Å². The third-order valence-corrected chi connectivity index (χ3v) is 4.34. The summed E-state index contributed by atoms with van der Waals surface area (Å²) >= 11 is 13.6. The second-order valence-corrected chi connectivity index (χ2v) is 6.25. The van der Waals surface area contributed by atoms with E-state index in [2.05, 4.69) is 20.7 Å². The molecule has 8 heteroatoms. The summed E-state index contributed by atoms with van der Waals surface area (Å²) in [5.74, 6) is 1.34. The predicted molar refractivity (Wildman–Crippen MR) is 86.1 cm³/mol. The number of rotatable bonds is 6. The van der Waals surface area contributed by atoms with Crippen LogP contribution in [0.25, 0.3) is 0 Å². The lowest BCUT2D eigenvalue weighted by Crippen LogP contribution is -2.26. The van der Waals surface area contributed by atoms with Crippen molar-refractivity contribution in [2.45, 2.75) is 12.7 Å². The minimum Gasteiger partial charge on any atom is -0.350 e. The van der Waals surface area contributed by atoms with Crippen molar-refractivity contribution in [2.75, 3.05) is 12.3 Å². The van der Waals surface area contributed by atoms with Gasteiger partial charge >= 0.3 is 0 Å². The highest BCUT2D eigenvalue weighted by molar-refractivity contribution is 7.98. The molecule has 0 unspecified atom stereocenters. The number of amides is 1. The van der Waals surface area contributed by atoms with Crippen LogP contribution in [0.4, 0.5) is 0 Å². The van der Waals surface area contributed by atoms with Gasteiger partial charge in [0.05, 0.1) is 5.69 Å². The molecule has 0 saturated heterocycles. The molecule has 0 spiro atoms. The molecule has 1 amide bonds. The highest BCUT2D eigenvalue weighted by Crippen LogP contribution is 2.24. The van der Waals surface area contributed by atoms with Gasteiger partial charge in [-0.2, -0.15) is 27.2 Å². The molecule has 0 atom stereocenters. The molecule has 0 saturated carbocycles. The Hall–Kier alpha value is -1.24. The van der Waals surface area contributed by atoms with Crippen LogP contribution in [0.5, 0.6) is 0 Å². The van der Waals surface area contributed by atoms with Crippen molar-refractivity contribution in [1.82, 2.24) is 20.7 Å². The molecule has 0 aliphatic carbocycles.